The summed E-state index contributed by atoms with van der Waals surface area (Å²) in [6, 6.07) is 66.9. The highest BCUT2D eigenvalue weighted by molar-refractivity contribution is 6.23. The van der Waals surface area contributed by atoms with Gasteiger partial charge in [0, 0.05) is 22.3 Å². The van der Waals surface area contributed by atoms with Crippen molar-refractivity contribution in [3.05, 3.63) is 194 Å². The molecule has 0 spiro atoms. The van der Waals surface area contributed by atoms with Crippen molar-refractivity contribution in [1.29, 1.82) is 5.26 Å². The zero-order valence-electron chi connectivity index (χ0n) is 30.1. The van der Waals surface area contributed by atoms with Crippen LogP contribution < -0.4 is 0 Å². The van der Waals surface area contributed by atoms with Crippen LogP contribution in [0.15, 0.2) is 188 Å². The molecule has 5 nitrogen and oxygen atoms in total. The van der Waals surface area contributed by atoms with Crippen LogP contribution in [0.4, 0.5) is 0 Å². The number of hydrogen-bond acceptors (Lipinski definition) is 5. The Bertz CT molecular complexity index is 3070. The van der Waals surface area contributed by atoms with Crippen LogP contribution >= 0.6 is 0 Å². The van der Waals surface area contributed by atoms with Crippen molar-refractivity contribution in [1.82, 2.24) is 19.9 Å². The molecule has 8 aromatic carbocycles. The molecule has 0 saturated heterocycles. The predicted molar refractivity (Wildman–Crippen MR) is 227 cm³/mol. The quantitative estimate of drug-likeness (QED) is 0.160. The van der Waals surface area contributed by atoms with Gasteiger partial charge in [-0.05, 0) is 84.9 Å². The summed E-state index contributed by atoms with van der Waals surface area (Å²) in [4.78, 5) is 19.4. The number of benzene rings is 8. The molecule has 10 aromatic rings. The van der Waals surface area contributed by atoms with Gasteiger partial charge in [0.2, 0.25) is 0 Å². The van der Waals surface area contributed by atoms with E-state index in [0.717, 1.165) is 50.2 Å². The Labute approximate surface area is 323 Å². The lowest BCUT2D eigenvalue weighted by Gasteiger charge is -2.16. The molecule has 10 rings (SSSR count). The number of nitrogens with zero attached hydrogens (tertiary/aromatic N) is 5. The fraction of sp³-hybridized carbons (Fsp3) is 0. The molecule has 56 heavy (non-hydrogen) atoms. The van der Waals surface area contributed by atoms with Crippen LogP contribution in [0.5, 0.6) is 0 Å². The molecule has 0 saturated carbocycles. The summed E-state index contributed by atoms with van der Waals surface area (Å²) >= 11 is 0. The summed E-state index contributed by atoms with van der Waals surface area (Å²) in [5.74, 6) is 1.90. The summed E-state index contributed by atoms with van der Waals surface area (Å²) in [5, 5.41) is 16.5. The molecule has 0 aliphatic carbocycles. The third-order valence-electron chi connectivity index (χ3n) is 10.4. The van der Waals surface area contributed by atoms with Crippen LogP contribution in [0.25, 0.3) is 100.0 Å². The second-order valence-electron chi connectivity index (χ2n) is 13.8. The van der Waals surface area contributed by atoms with Gasteiger partial charge in [-0.1, -0.05) is 158 Å². The first-order valence-electron chi connectivity index (χ1n) is 18.5. The van der Waals surface area contributed by atoms with Gasteiger partial charge >= 0.3 is 0 Å². The summed E-state index contributed by atoms with van der Waals surface area (Å²) < 4.78 is 0. The molecule has 0 radical (unpaired) electrons. The first-order valence-corrected chi connectivity index (χ1v) is 18.5. The van der Waals surface area contributed by atoms with E-state index >= 15 is 0 Å². The molecule has 0 N–H and O–H groups in total. The Morgan fingerprint density at radius 1 is 0.304 bits per heavy atom. The molecule has 260 valence electrons. The standard InChI is InChI=1S/C51H31N5/c52-32-39-19-12-24-48(53-39)34-27-25-33(26-28-34)44-30-46-43-23-10-8-21-41(43)45(31-47(46)42-22-9-7-20-40(42)44)37-17-11-18-38(29-37)51-55-49(35-13-3-1-4-14-35)54-50(56-51)36-15-5-2-6-16-36/h1-31H. The average molecular weight is 714 g/mol. The van der Waals surface area contributed by atoms with Gasteiger partial charge in [0.1, 0.15) is 11.8 Å². The van der Waals surface area contributed by atoms with E-state index in [2.05, 4.69) is 120 Å². The van der Waals surface area contributed by atoms with Gasteiger partial charge in [0.15, 0.2) is 17.5 Å². The summed E-state index contributed by atoms with van der Waals surface area (Å²) in [6.45, 7) is 0. The lowest BCUT2D eigenvalue weighted by atomic mass is 9.87. The normalized spacial score (nSPS) is 11.2. The van der Waals surface area contributed by atoms with Gasteiger partial charge in [-0.15, -0.1) is 0 Å². The maximum absolute atomic E-state index is 9.38. The van der Waals surface area contributed by atoms with Crippen molar-refractivity contribution >= 4 is 32.3 Å². The van der Waals surface area contributed by atoms with Gasteiger partial charge in [-0.3, -0.25) is 0 Å². The van der Waals surface area contributed by atoms with E-state index in [0.29, 0.717) is 23.2 Å². The second kappa shape index (κ2) is 13.9. The Kier molecular flexibility index (Phi) is 8.13. The van der Waals surface area contributed by atoms with E-state index in [-0.39, 0.29) is 0 Å². The van der Waals surface area contributed by atoms with E-state index in [9.17, 15) is 5.26 Å². The summed E-state index contributed by atoms with van der Waals surface area (Å²) in [7, 11) is 0. The van der Waals surface area contributed by atoms with Crippen LogP contribution in [0, 0.1) is 11.3 Å². The molecule has 5 heteroatoms. The minimum Gasteiger partial charge on any atom is -0.237 e. The first kappa shape index (κ1) is 32.8. The maximum atomic E-state index is 9.38. The van der Waals surface area contributed by atoms with Gasteiger partial charge in [0.05, 0.1) is 5.69 Å². The van der Waals surface area contributed by atoms with Crippen molar-refractivity contribution in [3.63, 3.8) is 0 Å². The molecule has 2 aromatic heterocycles. The monoisotopic (exact) mass is 713 g/mol. The second-order valence-corrected chi connectivity index (χ2v) is 13.8. The van der Waals surface area contributed by atoms with E-state index in [1.165, 1.54) is 32.3 Å². The smallest absolute Gasteiger partial charge is 0.164 e. The molecular formula is C51H31N5. The van der Waals surface area contributed by atoms with Crippen molar-refractivity contribution in [2.45, 2.75) is 0 Å². The van der Waals surface area contributed by atoms with E-state index in [1.54, 1.807) is 6.07 Å². The maximum Gasteiger partial charge on any atom is 0.164 e. The fourth-order valence-electron chi connectivity index (χ4n) is 7.67. The SMILES string of the molecule is N#Cc1cccc(-c2ccc(-c3cc4c5ccccc5c(-c5cccc(-c6nc(-c7ccccc7)nc(-c7ccccc7)n6)c5)cc4c4ccccc34)cc2)n1. The Balaban J connectivity index is 1.13. The van der Waals surface area contributed by atoms with Crippen LogP contribution in [-0.4, -0.2) is 19.9 Å². The summed E-state index contributed by atoms with van der Waals surface area (Å²) in [5.41, 5.74) is 9.47. The van der Waals surface area contributed by atoms with Crippen molar-refractivity contribution < 1.29 is 0 Å². The number of pyridine rings is 1. The van der Waals surface area contributed by atoms with Gasteiger partial charge in [-0.25, -0.2) is 19.9 Å². The third kappa shape index (κ3) is 5.92. The third-order valence-corrected chi connectivity index (χ3v) is 10.4. The van der Waals surface area contributed by atoms with Crippen LogP contribution in [0.3, 0.4) is 0 Å². The van der Waals surface area contributed by atoms with Gasteiger partial charge in [0.25, 0.3) is 0 Å². The van der Waals surface area contributed by atoms with Crippen LogP contribution in [-0.2, 0) is 0 Å². The van der Waals surface area contributed by atoms with Crippen molar-refractivity contribution in [2.24, 2.45) is 0 Å². The molecule has 0 amide bonds. The number of fused-ring (bicyclic) bond motifs is 5. The lowest BCUT2D eigenvalue weighted by Crippen LogP contribution is -2.00. The Hall–Kier alpha value is -7.81. The van der Waals surface area contributed by atoms with Gasteiger partial charge in [-0.2, -0.15) is 5.26 Å². The van der Waals surface area contributed by atoms with E-state index in [1.807, 2.05) is 72.8 Å². The summed E-state index contributed by atoms with van der Waals surface area (Å²) in [6.07, 6.45) is 0. The van der Waals surface area contributed by atoms with E-state index in [4.69, 9.17) is 15.0 Å². The molecule has 2 heterocycles. The number of nitriles is 1. The molecule has 0 unspecified atom stereocenters. The minimum absolute atomic E-state index is 0.408. The molecule has 0 atom stereocenters. The molecular weight excluding hydrogens is 683 g/mol. The highest BCUT2D eigenvalue weighted by Crippen LogP contribution is 2.42. The number of rotatable bonds is 6. The zero-order valence-corrected chi connectivity index (χ0v) is 30.1. The van der Waals surface area contributed by atoms with Crippen LogP contribution in [0.2, 0.25) is 0 Å². The van der Waals surface area contributed by atoms with Crippen molar-refractivity contribution in [3.8, 4) is 73.7 Å². The Morgan fingerprint density at radius 2 is 0.750 bits per heavy atom. The zero-order chi connectivity index (χ0) is 37.4. The predicted octanol–water partition coefficient (Wildman–Crippen LogP) is 12.6. The molecule has 0 bridgehead atoms. The Morgan fingerprint density at radius 3 is 1.32 bits per heavy atom. The van der Waals surface area contributed by atoms with Gasteiger partial charge < -0.3 is 0 Å². The first-order chi connectivity index (χ1) is 27.7. The number of aromatic nitrogens is 4. The molecule has 0 aliphatic rings. The largest absolute Gasteiger partial charge is 0.237 e. The average Bonchev–Trinajstić information content (AvgIpc) is 3.29. The topological polar surface area (TPSA) is 75.3 Å². The van der Waals surface area contributed by atoms with Crippen LogP contribution in [0.1, 0.15) is 5.69 Å². The molecule has 0 fully saturated rings. The highest BCUT2D eigenvalue weighted by Gasteiger charge is 2.17. The number of hydrogen-bond donors (Lipinski definition) is 0. The minimum atomic E-state index is 0.408. The van der Waals surface area contributed by atoms with E-state index < -0.39 is 0 Å². The lowest BCUT2D eigenvalue weighted by molar-refractivity contribution is 1.07. The van der Waals surface area contributed by atoms with Crippen molar-refractivity contribution in [2.75, 3.05) is 0 Å². The molecule has 0 aliphatic heterocycles. The highest BCUT2D eigenvalue weighted by atomic mass is 15.0. The fourth-order valence-corrected chi connectivity index (χ4v) is 7.67.